The molecule has 0 spiro atoms. The number of carboxylic acids is 2. The van der Waals surface area contributed by atoms with Crippen LogP contribution in [0.15, 0.2) is 207 Å². The van der Waals surface area contributed by atoms with Gasteiger partial charge in [0.05, 0.1) is 38.9 Å². The molecule has 0 saturated heterocycles. The molecule has 0 unspecified atom stereocenters. The van der Waals surface area contributed by atoms with Gasteiger partial charge in [0.1, 0.15) is 17.1 Å². The molecule has 14 rings (SSSR count). The van der Waals surface area contributed by atoms with Crippen molar-refractivity contribution in [1.82, 2.24) is 28.7 Å². The number of pyridine rings is 4. The normalized spacial score (nSPS) is 8.64. The van der Waals surface area contributed by atoms with Crippen molar-refractivity contribution < 1.29 is 70.1 Å². The van der Waals surface area contributed by atoms with Crippen molar-refractivity contribution in [3.63, 3.8) is 0 Å². The van der Waals surface area contributed by atoms with Crippen LogP contribution in [0, 0.1) is 227 Å². The second-order valence-corrected chi connectivity index (χ2v) is 22.9. The number of carbonyl (C=O) groups is 2. The number of para-hydroxylation sites is 6. The number of imidazole rings is 2. The molecule has 548 valence electrons. The number of aryl methyl sites for hydroxylation is 2. The summed E-state index contributed by atoms with van der Waals surface area (Å²) in [6, 6.07) is 72.7. The van der Waals surface area contributed by atoms with Crippen LogP contribution in [-0.2, 0) is 50.4 Å². The summed E-state index contributed by atoms with van der Waals surface area (Å²) in [5.41, 5.74) is 14.0. The quantitative estimate of drug-likeness (QED) is 0.0712. The van der Waals surface area contributed by atoms with Crippen molar-refractivity contribution in [3.05, 3.63) is 230 Å². The molecule has 2 N–H and O–H groups in total. The topological polar surface area (TPSA) is 153 Å². The second kappa shape index (κ2) is 45.4. The first-order chi connectivity index (χ1) is 55.9. The summed E-state index contributed by atoms with van der Waals surface area (Å²) < 4.78 is 17.3. The van der Waals surface area contributed by atoms with Crippen LogP contribution in [0.25, 0.3) is 99.2 Å². The van der Waals surface area contributed by atoms with Gasteiger partial charge in [-0.15, -0.1) is 23.8 Å². The monoisotopic (exact) mass is 1670 g/mol. The Kier molecular flexibility index (Phi) is 33.3. The first-order valence-corrected chi connectivity index (χ1v) is 34.3. The Morgan fingerprint density at radius 3 is 1.22 bits per heavy atom. The zero-order chi connectivity index (χ0) is 79.9. The third kappa shape index (κ3) is 24.4. The van der Waals surface area contributed by atoms with Gasteiger partial charge in [0, 0.05) is 175 Å². The number of nitrogens with zero attached hydrogens (tertiary/aromatic N) is 6. The van der Waals surface area contributed by atoms with E-state index in [1.165, 1.54) is 5.39 Å². The molecule has 0 fully saturated rings. The third-order valence-corrected chi connectivity index (χ3v) is 15.2. The molecule has 0 aliphatic heterocycles. The van der Waals surface area contributed by atoms with Gasteiger partial charge in [-0.1, -0.05) is 144 Å². The van der Waals surface area contributed by atoms with E-state index in [4.69, 9.17) is 39.2 Å². The predicted octanol–water partition coefficient (Wildman–Crippen LogP) is 16.8. The third-order valence-electron chi connectivity index (χ3n) is 15.2. The summed E-state index contributed by atoms with van der Waals surface area (Å²) in [6.07, 6.45) is 3.59. The summed E-state index contributed by atoms with van der Waals surface area (Å²) in [4.78, 5) is 36.9. The van der Waals surface area contributed by atoms with E-state index in [-0.39, 0.29) is 40.8 Å². The van der Waals surface area contributed by atoms with E-state index in [0.29, 0.717) is 11.5 Å². The van der Waals surface area contributed by atoms with E-state index in [2.05, 4.69) is 348 Å². The Morgan fingerprint density at radius 1 is 0.371 bits per heavy atom. The molecule has 0 saturated carbocycles. The Morgan fingerprint density at radius 2 is 0.759 bits per heavy atom. The molecule has 8 aromatic carbocycles. The van der Waals surface area contributed by atoms with Gasteiger partial charge in [-0.25, -0.2) is 4.98 Å². The molecular formula is C102H54N6O6Pd2. The van der Waals surface area contributed by atoms with Gasteiger partial charge < -0.3 is 29.1 Å². The maximum atomic E-state index is 9.00. The maximum Gasteiger partial charge on any atom is 2.00 e. The summed E-state index contributed by atoms with van der Waals surface area (Å²) in [6.45, 7) is 9.63. The molecule has 0 atom stereocenters. The number of aliphatic carboxylic acids is 2. The zero-order valence-corrected chi connectivity index (χ0v) is 65.6. The van der Waals surface area contributed by atoms with Gasteiger partial charge in [-0.2, -0.15) is 0 Å². The molecule has 0 bridgehead atoms. The fourth-order valence-electron chi connectivity index (χ4n) is 10.6. The van der Waals surface area contributed by atoms with E-state index in [1.54, 1.807) is 20.0 Å². The van der Waals surface area contributed by atoms with E-state index in [9.17, 15) is 0 Å². The fraction of sp³-hybridized carbons (Fsp3) is 0.0588. The molecule has 0 aliphatic rings. The number of benzene rings is 8. The molecular weight excluding hydrogens is 1620 g/mol. The first-order valence-electron chi connectivity index (χ1n) is 34.3. The molecule has 116 heavy (non-hydrogen) atoms. The van der Waals surface area contributed by atoms with Crippen molar-refractivity contribution >= 4 is 88.7 Å². The Labute approximate surface area is 700 Å². The number of carboxylic acid groups (broad SMARTS) is 2. The van der Waals surface area contributed by atoms with Crippen LogP contribution >= 0.6 is 0 Å². The molecule has 0 radical (unpaired) electrons. The van der Waals surface area contributed by atoms with Gasteiger partial charge in [-0.05, 0) is 216 Å². The molecule has 14 aromatic rings. The summed E-state index contributed by atoms with van der Waals surface area (Å²) in [5.74, 6) is 86.8. The minimum absolute atomic E-state index is 0. The summed E-state index contributed by atoms with van der Waals surface area (Å²) in [7, 11) is 0. The SMILES string of the molecule is CC#CC#CC#CC#CC#CC#CC#CC#CC#CC#CC#CC#CC#CC#CC#CC#CC#CC.CC(=O)O.CC(=O)O.Cc1ccc(-c2ccccn2)[c-]c1Oc1[c-]c2c(cc1)c1ccccc1n1c3ccccc3nc21.Cc1ccc(-c2ccccn2)cc1Oc1ccc2c3ccccc3n3c4ccccc4nc3c2c1.[Pd+2].[Pd]. The number of hydrogen-bond acceptors (Lipinski definition) is 8. The van der Waals surface area contributed by atoms with E-state index in [1.807, 2.05) is 98.0 Å². The van der Waals surface area contributed by atoms with Gasteiger partial charge >= 0.3 is 20.4 Å². The van der Waals surface area contributed by atoms with Crippen molar-refractivity contribution in [3.8, 4) is 247 Å². The minimum Gasteiger partial charge on any atom is -0.496 e. The average Bonchev–Trinajstić information content (AvgIpc) is 1.54. The van der Waals surface area contributed by atoms with Crippen LogP contribution in [0.3, 0.4) is 0 Å². The molecule has 0 aliphatic carbocycles. The van der Waals surface area contributed by atoms with Gasteiger partial charge in [0.15, 0.2) is 0 Å². The number of hydrogen-bond donors (Lipinski definition) is 2. The van der Waals surface area contributed by atoms with E-state index in [0.717, 1.165) is 130 Å². The van der Waals surface area contributed by atoms with Crippen LogP contribution in [-0.4, -0.2) is 50.9 Å². The van der Waals surface area contributed by atoms with Crippen molar-refractivity contribution in [2.75, 3.05) is 0 Å². The summed E-state index contributed by atoms with van der Waals surface area (Å²) >= 11 is 0. The number of ether oxygens (including phenoxy) is 2. The predicted molar refractivity (Wildman–Crippen MR) is 452 cm³/mol. The molecule has 14 heteroatoms. The second-order valence-electron chi connectivity index (χ2n) is 22.9. The van der Waals surface area contributed by atoms with Crippen molar-refractivity contribution in [2.45, 2.75) is 41.5 Å². The van der Waals surface area contributed by atoms with E-state index >= 15 is 0 Å². The van der Waals surface area contributed by atoms with Crippen LogP contribution in [0.1, 0.15) is 38.8 Å². The number of fused-ring (bicyclic) bond motifs is 16. The minimum atomic E-state index is -0.833. The standard InChI is InChI=1S/C36H6.C31H21N3O.C31H19N3O.2C2H4O2.2Pd/c1-3-5-7-9-11-13-15-17-19-21-23-25-27-29-31-33-35-36-34-32-30-28-26-24-22-20-18-16-14-12-10-8-6-4-2;2*1-20-13-14-21(26-9-6-7-17-32-26)18-30(20)35-22-15-16-23-24-8-2-4-11-28(24)34-29-12-5-3-10-27(29)33-31(34)25(23)19-22;2*1-2(3)4;;/h1-2H3;2-19H,1H3;2-17H,1H3;2*1H3,(H,3,4);;/q;;-2;;;;+2. The molecule has 12 nitrogen and oxygen atoms in total. The average molecular weight is 1670 g/mol. The van der Waals surface area contributed by atoms with Gasteiger partial charge in [0.2, 0.25) is 0 Å². The smallest absolute Gasteiger partial charge is 0.496 e. The molecule has 0 amide bonds. The zero-order valence-electron chi connectivity index (χ0n) is 62.5. The maximum absolute atomic E-state index is 9.00. The number of aromatic nitrogens is 6. The Hall–Kier alpha value is -16.6. The van der Waals surface area contributed by atoms with E-state index < -0.39 is 11.9 Å². The van der Waals surface area contributed by atoms with Crippen LogP contribution < -0.4 is 9.47 Å². The van der Waals surface area contributed by atoms with Gasteiger partial charge in [0.25, 0.3) is 11.9 Å². The van der Waals surface area contributed by atoms with Crippen molar-refractivity contribution in [1.29, 1.82) is 0 Å². The summed E-state index contributed by atoms with van der Waals surface area (Å²) in [5, 5.41) is 21.4. The van der Waals surface area contributed by atoms with Crippen molar-refractivity contribution in [2.24, 2.45) is 0 Å². The number of rotatable bonds is 6. The fourth-order valence-corrected chi connectivity index (χ4v) is 10.6. The first kappa shape index (κ1) is 85.0. The molecule has 6 aromatic heterocycles. The molecule has 6 heterocycles. The van der Waals surface area contributed by atoms with Crippen LogP contribution in [0.5, 0.6) is 23.0 Å². The Bertz CT molecular complexity index is 6950. The largest absolute Gasteiger partial charge is 2.00 e. The van der Waals surface area contributed by atoms with Crippen LogP contribution in [0.2, 0.25) is 0 Å². The van der Waals surface area contributed by atoms with Crippen LogP contribution in [0.4, 0.5) is 0 Å². The van der Waals surface area contributed by atoms with Gasteiger partial charge in [-0.3, -0.25) is 24.0 Å². The Balaban J connectivity index is 0.000000205.